The Bertz CT molecular complexity index is 605. The van der Waals surface area contributed by atoms with Crippen molar-refractivity contribution in [3.8, 4) is 22.8 Å². The zero-order valence-electron chi connectivity index (χ0n) is 12.4. The van der Waals surface area contributed by atoms with Crippen LogP contribution in [0.5, 0.6) is 11.5 Å². The van der Waals surface area contributed by atoms with Gasteiger partial charge < -0.3 is 15.2 Å². The molecule has 2 N–H and O–H groups in total. The van der Waals surface area contributed by atoms with Crippen LogP contribution in [-0.2, 0) is 13.5 Å². The van der Waals surface area contributed by atoms with Gasteiger partial charge >= 0.3 is 0 Å². The fourth-order valence-corrected chi connectivity index (χ4v) is 2.37. The maximum atomic E-state index is 6.12. The van der Waals surface area contributed by atoms with E-state index in [4.69, 9.17) is 15.2 Å². The molecule has 0 bridgehead atoms. The molecule has 0 fully saturated rings. The predicted molar refractivity (Wildman–Crippen MR) is 80.2 cm³/mol. The van der Waals surface area contributed by atoms with E-state index in [1.54, 1.807) is 18.9 Å². The monoisotopic (exact) mass is 275 g/mol. The Morgan fingerprint density at radius 3 is 2.60 bits per heavy atom. The van der Waals surface area contributed by atoms with Crippen LogP contribution in [0.1, 0.15) is 18.9 Å². The van der Waals surface area contributed by atoms with Crippen LogP contribution >= 0.6 is 0 Å². The Balaban J connectivity index is 2.65. The molecule has 0 aliphatic heterocycles. The van der Waals surface area contributed by atoms with Crippen LogP contribution in [0.25, 0.3) is 11.3 Å². The minimum absolute atomic E-state index is 0.686. The van der Waals surface area contributed by atoms with E-state index >= 15 is 0 Å². The summed E-state index contributed by atoms with van der Waals surface area (Å²) in [6.45, 7) is 2.12. The highest BCUT2D eigenvalue weighted by molar-refractivity contribution is 5.76. The van der Waals surface area contributed by atoms with Crippen molar-refractivity contribution in [2.75, 3.05) is 20.0 Å². The summed E-state index contributed by atoms with van der Waals surface area (Å²) in [4.78, 5) is 0. The first-order valence-electron chi connectivity index (χ1n) is 6.66. The van der Waals surface area contributed by atoms with Crippen LogP contribution in [0.3, 0.4) is 0 Å². The first kappa shape index (κ1) is 14.2. The number of aromatic nitrogens is 2. The fourth-order valence-electron chi connectivity index (χ4n) is 2.37. The Hall–Kier alpha value is -2.17. The highest BCUT2D eigenvalue weighted by atomic mass is 16.5. The number of nitrogen functional groups attached to an aromatic ring is 1. The van der Waals surface area contributed by atoms with Gasteiger partial charge in [-0.1, -0.05) is 19.4 Å². The molecule has 5 nitrogen and oxygen atoms in total. The van der Waals surface area contributed by atoms with Gasteiger partial charge in [-0.15, -0.1) is 0 Å². The van der Waals surface area contributed by atoms with Gasteiger partial charge in [0.1, 0.15) is 11.5 Å². The fraction of sp³-hybridized carbons (Fsp3) is 0.400. The van der Waals surface area contributed by atoms with Crippen LogP contribution in [0, 0.1) is 0 Å². The number of aryl methyl sites for hydroxylation is 1. The molecule has 2 rings (SSSR count). The Kier molecular flexibility index (Phi) is 4.17. The van der Waals surface area contributed by atoms with Gasteiger partial charge in [-0.3, -0.25) is 4.68 Å². The number of methoxy groups -OCH3 is 2. The molecule has 0 aliphatic carbocycles. The summed E-state index contributed by atoms with van der Waals surface area (Å²) in [6.07, 6.45) is 1.89. The number of benzene rings is 1. The van der Waals surface area contributed by atoms with Crippen molar-refractivity contribution in [2.45, 2.75) is 19.8 Å². The van der Waals surface area contributed by atoms with E-state index in [0.29, 0.717) is 17.3 Å². The third-order valence-corrected chi connectivity index (χ3v) is 3.35. The molecule has 1 aromatic carbocycles. The zero-order valence-corrected chi connectivity index (χ0v) is 12.4. The molecule has 1 heterocycles. The molecule has 2 aromatic rings. The molecule has 108 valence electrons. The minimum atomic E-state index is 0.686. The number of ether oxygens (including phenoxy) is 2. The summed E-state index contributed by atoms with van der Waals surface area (Å²) < 4.78 is 12.5. The number of anilines is 1. The van der Waals surface area contributed by atoms with Crippen molar-refractivity contribution < 1.29 is 9.47 Å². The average Bonchev–Trinajstić information content (AvgIpc) is 2.75. The summed E-state index contributed by atoms with van der Waals surface area (Å²) >= 11 is 0. The topological polar surface area (TPSA) is 62.3 Å². The van der Waals surface area contributed by atoms with Gasteiger partial charge in [0.25, 0.3) is 0 Å². The second-order valence-electron chi connectivity index (χ2n) is 4.63. The van der Waals surface area contributed by atoms with Gasteiger partial charge in [0.15, 0.2) is 11.5 Å². The Morgan fingerprint density at radius 2 is 2.00 bits per heavy atom. The maximum absolute atomic E-state index is 6.12. The molecule has 0 unspecified atom stereocenters. The summed E-state index contributed by atoms with van der Waals surface area (Å²) in [7, 11) is 5.11. The normalized spacial score (nSPS) is 10.6. The van der Waals surface area contributed by atoms with Crippen LogP contribution in [0.15, 0.2) is 18.2 Å². The molecule has 0 spiro atoms. The lowest BCUT2D eigenvalue weighted by atomic mass is 10.0. The number of nitrogens with zero attached hydrogens (tertiary/aromatic N) is 2. The highest BCUT2D eigenvalue weighted by Gasteiger charge is 2.20. The molecule has 0 radical (unpaired) electrons. The first-order chi connectivity index (χ1) is 9.63. The summed E-state index contributed by atoms with van der Waals surface area (Å²) in [5.41, 5.74) is 8.94. The number of hydrogen-bond donors (Lipinski definition) is 1. The third-order valence-electron chi connectivity index (χ3n) is 3.35. The molecule has 5 heteroatoms. The standard InChI is InChI=1S/C15H21N3O2/c1-5-7-11-13(17-18(2)15(11)16)10-8-6-9-12(19-3)14(10)20-4/h6,8-9H,5,7,16H2,1-4H3. The van der Waals surface area contributed by atoms with Crippen molar-refractivity contribution in [1.82, 2.24) is 9.78 Å². The van der Waals surface area contributed by atoms with Crippen LogP contribution in [0.2, 0.25) is 0 Å². The largest absolute Gasteiger partial charge is 0.493 e. The van der Waals surface area contributed by atoms with Crippen molar-refractivity contribution in [2.24, 2.45) is 7.05 Å². The van der Waals surface area contributed by atoms with Crippen LogP contribution < -0.4 is 15.2 Å². The lowest BCUT2D eigenvalue weighted by Crippen LogP contribution is -1.99. The molecular weight excluding hydrogens is 254 g/mol. The smallest absolute Gasteiger partial charge is 0.170 e. The van der Waals surface area contributed by atoms with Crippen molar-refractivity contribution in [3.05, 3.63) is 23.8 Å². The molecule has 20 heavy (non-hydrogen) atoms. The quantitative estimate of drug-likeness (QED) is 0.911. The zero-order chi connectivity index (χ0) is 14.7. The highest BCUT2D eigenvalue weighted by Crippen LogP contribution is 2.39. The molecule has 0 aliphatic rings. The Morgan fingerprint density at radius 1 is 1.25 bits per heavy atom. The van der Waals surface area contributed by atoms with Gasteiger partial charge in [-0.2, -0.15) is 5.10 Å². The lowest BCUT2D eigenvalue weighted by molar-refractivity contribution is 0.356. The van der Waals surface area contributed by atoms with Gasteiger partial charge in [-0.05, 0) is 18.6 Å². The Labute approximate surface area is 119 Å². The third kappa shape index (κ3) is 2.31. The van der Waals surface area contributed by atoms with Crippen molar-refractivity contribution >= 4 is 5.82 Å². The minimum Gasteiger partial charge on any atom is -0.493 e. The van der Waals surface area contributed by atoms with E-state index < -0.39 is 0 Å². The van der Waals surface area contributed by atoms with E-state index in [-0.39, 0.29) is 0 Å². The number of nitrogens with two attached hydrogens (primary N) is 1. The molecule has 0 saturated carbocycles. The first-order valence-corrected chi connectivity index (χ1v) is 6.66. The van der Waals surface area contributed by atoms with Crippen LogP contribution in [0.4, 0.5) is 5.82 Å². The summed E-state index contributed by atoms with van der Waals surface area (Å²) in [5, 5.41) is 4.54. The molecule has 1 aromatic heterocycles. The summed E-state index contributed by atoms with van der Waals surface area (Å²) in [6, 6.07) is 5.77. The number of hydrogen-bond acceptors (Lipinski definition) is 4. The number of para-hydroxylation sites is 1. The van der Waals surface area contributed by atoms with Gasteiger partial charge in [-0.25, -0.2) is 0 Å². The number of rotatable bonds is 5. The SMILES string of the molecule is CCCc1c(-c2cccc(OC)c2OC)nn(C)c1N. The predicted octanol–water partition coefficient (Wildman–Crippen LogP) is 2.64. The molecule has 0 saturated heterocycles. The van der Waals surface area contributed by atoms with Gasteiger partial charge in [0.05, 0.1) is 14.2 Å². The van der Waals surface area contributed by atoms with E-state index in [0.717, 1.165) is 29.7 Å². The molecule has 0 amide bonds. The van der Waals surface area contributed by atoms with Gasteiger partial charge in [0, 0.05) is 18.2 Å². The maximum Gasteiger partial charge on any atom is 0.170 e. The van der Waals surface area contributed by atoms with E-state index in [1.165, 1.54) is 0 Å². The van der Waals surface area contributed by atoms with E-state index in [9.17, 15) is 0 Å². The van der Waals surface area contributed by atoms with E-state index in [2.05, 4.69) is 12.0 Å². The van der Waals surface area contributed by atoms with Gasteiger partial charge in [0.2, 0.25) is 0 Å². The average molecular weight is 275 g/mol. The van der Waals surface area contributed by atoms with Crippen molar-refractivity contribution in [1.29, 1.82) is 0 Å². The van der Waals surface area contributed by atoms with Crippen molar-refractivity contribution in [3.63, 3.8) is 0 Å². The second-order valence-corrected chi connectivity index (χ2v) is 4.63. The summed E-state index contributed by atoms with van der Waals surface area (Å²) in [5.74, 6) is 2.08. The lowest BCUT2D eigenvalue weighted by Gasteiger charge is -2.12. The molecular formula is C15H21N3O2. The van der Waals surface area contributed by atoms with E-state index in [1.807, 2.05) is 25.2 Å². The second kappa shape index (κ2) is 5.86. The van der Waals surface area contributed by atoms with Crippen LogP contribution in [-0.4, -0.2) is 24.0 Å². The molecule has 0 atom stereocenters.